The third-order valence-electron chi connectivity index (χ3n) is 4.01. The first-order chi connectivity index (χ1) is 8.60. The number of nitrogens with zero attached hydrogens (tertiary/aromatic N) is 1. The van der Waals surface area contributed by atoms with Crippen molar-refractivity contribution in [2.45, 2.75) is 33.6 Å². The van der Waals surface area contributed by atoms with Crippen molar-refractivity contribution in [1.29, 1.82) is 0 Å². The number of hydrogen-bond donors (Lipinski definition) is 1. The Labute approximate surface area is 110 Å². The number of rotatable bonds is 7. The summed E-state index contributed by atoms with van der Waals surface area (Å²) in [6.45, 7) is 8.87. The molecule has 1 aromatic carbocycles. The summed E-state index contributed by atoms with van der Waals surface area (Å²) in [5.41, 5.74) is 7.01. The second kappa shape index (κ2) is 6.74. The average Bonchev–Trinajstić information content (AvgIpc) is 2.41. The van der Waals surface area contributed by atoms with Gasteiger partial charge in [0.15, 0.2) is 0 Å². The van der Waals surface area contributed by atoms with Gasteiger partial charge >= 0.3 is 0 Å². The second-order valence-corrected chi connectivity index (χ2v) is 4.91. The molecule has 0 fully saturated rings. The molecule has 0 aliphatic carbocycles. The minimum atomic E-state index is -0.183. The number of halogens is 1. The number of benzene rings is 1. The Morgan fingerprint density at radius 1 is 1.22 bits per heavy atom. The van der Waals surface area contributed by atoms with E-state index in [9.17, 15) is 4.39 Å². The van der Waals surface area contributed by atoms with Gasteiger partial charge in [0.05, 0.1) is 0 Å². The molecule has 1 aromatic rings. The average molecular weight is 252 g/mol. The van der Waals surface area contributed by atoms with Crippen LogP contribution in [0.2, 0.25) is 0 Å². The minimum absolute atomic E-state index is 0.127. The molecule has 0 unspecified atom stereocenters. The van der Waals surface area contributed by atoms with Crippen molar-refractivity contribution in [3.63, 3.8) is 0 Å². The molecule has 0 aliphatic rings. The summed E-state index contributed by atoms with van der Waals surface area (Å²) in [5.74, 6) is -0.183. The number of anilines is 1. The third kappa shape index (κ3) is 3.45. The Bertz CT molecular complexity index is 353. The maximum Gasteiger partial charge on any atom is 0.125 e. The smallest absolute Gasteiger partial charge is 0.125 e. The maximum atomic E-state index is 13.3. The lowest BCUT2D eigenvalue weighted by Crippen LogP contribution is -2.42. The highest BCUT2D eigenvalue weighted by Gasteiger charge is 2.27. The van der Waals surface area contributed by atoms with Crippen LogP contribution in [0.15, 0.2) is 24.3 Å². The van der Waals surface area contributed by atoms with Crippen molar-refractivity contribution in [3.05, 3.63) is 30.1 Å². The van der Waals surface area contributed by atoms with Crippen molar-refractivity contribution < 1.29 is 4.39 Å². The molecule has 0 saturated heterocycles. The van der Waals surface area contributed by atoms with Crippen LogP contribution in [-0.2, 0) is 0 Å². The van der Waals surface area contributed by atoms with Crippen LogP contribution >= 0.6 is 0 Å². The molecular formula is C15H25FN2. The van der Waals surface area contributed by atoms with Crippen molar-refractivity contribution in [1.82, 2.24) is 0 Å². The first-order valence-corrected chi connectivity index (χ1v) is 6.81. The van der Waals surface area contributed by atoms with Crippen molar-refractivity contribution in [2.75, 3.05) is 24.5 Å². The Morgan fingerprint density at radius 3 is 2.33 bits per heavy atom. The van der Waals surface area contributed by atoms with Gasteiger partial charge in [0.1, 0.15) is 5.82 Å². The van der Waals surface area contributed by atoms with E-state index in [-0.39, 0.29) is 11.2 Å². The van der Waals surface area contributed by atoms with Gasteiger partial charge in [0.2, 0.25) is 0 Å². The molecule has 0 saturated carbocycles. The molecule has 2 nitrogen and oxygen atoms in total. The van der Waals surface area contributed by atoms with E-state index in [0.29, 0.717) is 6.54 Å². The van der Waals surface area contributed by atoms with Gasteiger partial charge in [0, 0.05) is 18.8 Å². The Balaban J connectivity index is 2.90. The van der Waals surface area contributed by atoms with Crippen LogP contribution in [-0.4, -0.2) is 19.6 Å². The largest absolute Gasteiger partial charge is 0.371 e. The van der Waals surface area contributed by atoms with Gasteiger partial charge < -0.3 is 10.6 Å². The molecule has 1 rings (SSSR count). The monoisotopic (exact) mass is 252 g/mol. The van der Waals surface area contributed by atoms with Gasteiger partial charge in [0.25, 0.3) is 0 Å². The zero-order valence-corrected chi connectivity index (χ0v) is 11.7. The van der Waals surface area contributed by atoms with Gasteiger partial charge in [-0.3, -0.25) is 0 Å². The zero-order valence-electron chi connectivity index (χ0n) is 11.7. The Kier molecular flexibility index (Phi) is 5.60. The first-order valence-electron chi connectivity index (χ1n) is 6.81. The van der Waals surface area contributed by atoms with E-state index < -0.39 is 0 Å². The number of nitrogens with two attached hydrogens (primary N) is 1. The van der Waals surface area contributed by atoms with Crippen molar-refractivity contribution in [2.24, 2.45) is 11.1 Å². The molecule has 0 heterocycles. The molecule has 0 radical (unpaired) electrons. The van der Waals surface area contributed by atoms with Gasteiger partial charge in [-0.1, -0.05) is 19.9 Å². The fourth-order valence-electron chi connectivity index (χ4n) is 2.29. The highest BCUT2D eigenvalue weighted by atomic mass is 19.1. The highest BCUT2D eigenvalue weighted by Crippen LogP contribution is 2.28. The predicted molar refractivity (Wildman–Crippen MR) is 76.4 cm³/mol. The molecule has 18 heavy (non-hydrogen) atoms. The van der Waals surface area contributed by atoms with Crippen LogP contribution in [0.3, 0.4) is 0 Å². The van der Waals surface area contributed by atoms with Gasteiger partial charge in [-0.05, 0) is 49.9 Å². The fourth-order valence-corrected chi connectivity index (χ4v) is 2.29. The summed E-state index contributed by atoms with van der Waals surface area (Å²) in [6, 6.07) is 6.79. The van der Waals surface area contributed by atoms with E-state index in [1.807, 2.05) is 6.07 Å². The molecule has 0 aromatic heterocycles. The summed E-state index contributed by atoms with van der Waals surface area (Å²) < 4.78 is 13.3. The highest BCUT2D eigenvalue weighted by molar-refractivity contribution is 5.46. The molecule has 3 heteroatoms. The van der Waals surface area contributed by atoms with E-state index in [4.69, 9.17) is 5.73 Å². The van der Waals surface area contributed by atoms with E-state index in [1.165, 1.54) is 6.07 Å². The SMILES string of the molecule is CCN(CC(CC)(CC)CN)c1cccc(F)c1. The number of hydrogen-bond acceptors (Lipinski definition) is 2. The summed E-state index contributed by atoms with van der Waals surface area (Å²) in [7, 11) is 0. The Morgan fingerprint density at radius 2 is 1.89 bits per heavy atom. The molecule has 0 atom stereocenters. The molecule has 2 N–H and O–H groups in total. The van der Waals surface area contributed by atoms with Crippen LogP contribution in [0.1, 0.15) is 33.6 Å². The summed E-state index contributed by atoms with van der Waals surface area (Å²) in [5, 5.41) is 0. The lowest BCUT2D eigenvalue weighted by molar-refractivity contribution is 0.277. The van der Waals surface area contributed by atoms with Gasteiger partial charge in [-0.25, -0.2) is 4.39 Å². The van der Waals surface area contributed by atoms with E-state index in [2.05, 4.69) is 25.7 Å². The fraction of sp³-hybridized carbons (Fsp3) is 0.600. The van der Waals surface area contributed by atoms with Gasteiger partial charge in [-0.2, -0.15) is 0 Å². The molecule has 102 valence electrons. The predicted octanol–water partition coefficient (Wildman–Crippen LogP) is 3.42. The first kappa shape index (κ1) is 15.0. The lowest BCUT2D eigenvalue weighted by atomic mass is 9.81. The molecule has 0 bridgehead atoms. The maximum absolute atomic E-state index is 13.3. The van der Waals surface area contributed by atoms with E-state index >= 15 is 0 Å². The standard InChI is InChI=1S/C15H25FN2/c1-4-15(5-2,11-17)12-18(6-3)14-9-7-8-13(16)10-14/h7-10H,4-6,11-12,17H2,1-3H3. The van der Waals surface area contributed by atoms with Crippen LogP contribution in [0, 0.1) is 11.2 Å². The van der Waals surface area contributed by atoms with Gasteiger partial charge in [-0.15, -0.1) is 0 Å². The topological polar surface area (TPSA) is 29.3 Å². The van der Waals surface area contributed by atoms with Crippen LogP contribution in [0.4, 0.5) is 10.1 Å². The van der Waals surface area contributed by atoms with Crippen molar-refractivity contribution >= 4 is 5.69 Å². The summed E-state index contributed by atoms with van der Waals surface area (Å²) in [6.07, 6.45) is 2.09. The van der Waals surface area contributed by atoms with E-state index in [0.717, 1.165) is 31.6 Å². The van der Waals surface area contributed by atoms with E-state index in [1.54, 1.807) is 12.1 Å². The quantitative estimate of drug-likeness (QED) is 0.805. The summed E-state index contributed by atoms with van der Waals surface area (Å²) in [4.78, 5) is 2.21. The van der Waals surface area contributed by atoms with Crippen LogP contribution < -0.4 is 10.6 Å². The summed E-state index contributed by atoms with van der Waals surface area (Å²) >= 11 is 0. The second-order valence-electron chi connectivity index (χ2n) is 4.91. The molecular weight excluding hydrogens is 227 g/mol. The molecule has 0 aliphatic heterocycles. The normalized spacial score (nSPS) is 11.6. The Hall–Kier alpha value is -1.09. The van der Waals surface area contributed by atoms with Crippen LogP contribution in [0.5, 0.6) is 0 Å². The van der Waals surface area contributed by atoms with Crippen molar-refractivity contribution in [3.8, 4) is 0 Å². The lowest BCUT2D eigenvalue weighted by Gasteiger charge is -2.37. The zero-order chi connectivity index (χ0) is 13.6. The molecule has 0 spiro atoms. The molecule has 0 amide bonds. The van der Waals surface area contributed by atoms with Crippen LogP contribution in [0.25, 0.3) is 0 Å². The minimum Gasteiger partial charge on any atom is -0.371 e. The third-order valence-corrected chi connectivity index (χ3v) is 4.01.